The number of furan rings is 1. The highest BCUT2D eigenvalue weighted by Gasteiger charge is 2.26. The topological polar surface area (TPSA) is 173 Å². The number of amides is 3. The zero-order valence-electron chi connectivity index (χ0n) is 21.5. The Balaban J connectivity index is 2.04. The van der Waals surface area contributed by atoms with E-state index in [0.717, 1.165) is 19.3 Å². The molecule has 2 atom stereocenters. The number of carbonyl (C=O) groups excluding carboxylic acids is 4. The van der Waals surface area contributed by atoms with Crippen molar-refractivity contribution in [1.82, 2.24) is 16.1 Å². The Morgan fingerprint density at radius 3 is 2.46 bits per heavy atom. The van der Waals surface area contributed by atoms with E-state index in [0.29, 0.717) is 29.7 Å². The zero-order valence-corrected chi connectivity index (χ0v) is 21.5. The summed E-state index contributed by atoms with van der Waals surface area (Å²) in [6, 6.07) is 7.27. The Bertz CT molecular complexity index is 1080. The van der Waals surface area contributed by atoms with Crippen molar-refractivity contribution in [3.63, 3.8) is 0 Å². The van der Waals surface area contributed by atoms with Gasteiger partial charge in [-0.2, -0.15) is 0 Å². The maximum Gasteiger partial charge on any atom is 0.288 e. The summed E-state index contributed by atoms with van der Waals surface area (Å²) in [5, 5.41) is 14.7. The summed E-state index contributed by atoms with van der Waals surface area (Å²) >= 11 is 0. The molecule has 11 heteroatoms. The molecule has 0 saturated heterocycles. The first kappa shape index (κ1) is 29.5. The Labute approximate surface area is 216 Å². The molecule has 202 valence electrons. The van der Waals surface area contributed by atoms with Gasteiger partial charge in [-0.25, -0.2) is 5.48 Å². The lowest BCUT2D eigenvalue weighted by Crippen LogP contribution is -2.46. The van der Waals surface area contributed by atoms with Crippen LogP contribution >= 0.6 is 0 Å². The van der Waals surface area contributed by atoms with Gasteiger partial charge in [-0.3, -0.25) is 19.2 Å². The SMILES string of the molecule is CCCCCC(C(=O)NCNC(=O)c1ccc(-c2cc(OCC(N)=O)cc(C(C)=O)c2)o1)C(CC)NO. The Hall–Kier alpha value is -3.70. The highest BCUT2D eigenvalue weighted by atomic mass is 16.5. The number of ether oxygens (including phenoxy) is 1. The number of nitrogens with one attached hydrogen (secondary N) is 3. The molecule has 1 heterocycles. The van der Waals surface area contributed by atoms with E-state index in [9.17, 15) is 24.4 Å². The highest BCUT2D eigenvalue weighted by molar-refractivity contribution is 5.96. The summed E-state index contributed by atoms with van der Waals surface area (Å²) in [6.07, 6.45) is 4.04. The third-order valence-electron chi connectivity index (χ3n) is 5.87. The van der Waals surface area contributed by atoms with Crippen LogP contribution in [-0.4, -0.2) is 48.0 Å². The molecule has 2 aromatic rings. The van der Waals surface area contributed by atoms with Crippen molar-refractivity contribution in [3.8, 4) is 17.1 Å². The number of unbranched alkanes of at least 4 members (excludes halogenated alkanes) is 2. The molecule has 0 aliphatic carbocycles. The van der Waals surface area contributed by atoms with Gasteiger partial charge in [0.05, 0.1) is 12.6 Å². The van der Waals surface area contributed by atoms with Gasteiger partial charge >= 0.3 is 0 Å². The molecule has 0 saturated carbocycles. The molecule has 0 aliphatic heterocycles. The van der Waals surface area contributed by atoms with Crippen molar-refractivity contribution in [3.05, 3.63) is 41.7 Å². The van der Waals surface area contributed by atoms with Gasteiger partial charge in [-0.15, -0.1) is 0 Å². The summed E-state index contributed by atoms with van der Waals surface area (Å²) in [5.41, 5.74) is 8.14. The van der Waals surface area contributed by atoms with Crippen molar-refractivity contribution in [2.45, 2.75) is 58.9 Å². The molecule has 37 heavy (non-hydrogen) atoms. The lowest BCUT2D eigenvalue weighted by molar-refractivity contribution is -0.127. The number of Topliss-reactive ketones (excluding diaryl/α,β-unsaturated/α-hetero) is 1. The summed E-state index contributed by atoms with van der Waals surface area (Å²) in [4.78, 5) is 48.2. The van der Waals surface area contributed by atoms with E-state index in [1.807, 2.05) is 6.92 Å². The highest BCUT2D eigenvalue weighted by Crippen LogP contribution is 2.28. The number of benzene rings is 1. The molecule has 0 aliphatic rings. The summed E-state index contributed by atoms with van der Waals surface area (Å²) in [7, 11) is 0. The normalized spacial score (nSPS) is 12.4. The molecule has 2 rings (SSSR count). The number of ketones is 1. The maximum atomic E-state index is 12.7. The number of hydroxylamine groups is 1. The molecule has 2 unspecified atom stereocenters. The molecule has 0 spiro atoms. The van der Waals surface area contributed by atoms with Crippen LogP contribution in [-0.2, 0) is 9.59 Å². The molecule has 0 fully saturated rings. The predicted molar refractivity (Wildman–Crippen MR) is 136 cm³/mol. The second-order valence-corrected chi connectivity index (χ2v) is 8.69. The van der Waals surface area contributed by atoms with E-state index in [4.69, 9.17) is 14.9 Å². The smallest absolute Gasteiger partial charge is 0.288 e. The van der Waals surface area contributed by atoms with Gasteiger partial charge in [0.2, 0.25) is 5.91 Å². The van der Waals surface area contributed by atoms with Crippen molar-refractivity contribution in [2.75, 3.05) is 13.3 Å². The van der Waals surface area contributed by atoms with Crippen molar-refractivity contribution in [1.29, 1.82) is 0 Å². The van der Waals surface area contributed by atoms with Crippen LogP contribution in [0.1, 0.15) is 73.8 Å². The van der Waals surface area contributed by atoms with Crippen molar-refractivity contribution < 1.29 is 33.5 Å². The van der Waals surface area contributed by atoms with Crippen LogP contribution in [0, 0.1) is 5.92 Å². The van der Waals surface area contributed by atoms with E-state index in [1.165, 1.54) is 19.1 Å². The second kappa shape index (κ2) is 14.8. The predicted octanol–water partition coefficient (Wildman–Crippen LogP) is 2.77. The molecule has 1 aromatic heterocycles. The number of hydrogen-bond donors (Lipinski definition) is 5. The number of nitrogens with two attached hydrogens (primary N) is 1. The fourth-order valence-electron chi connectivity index (χ4n) is 3.82. The van der Waals surface area contributed by atoms with Crippen molar-refractivity contribution >= 4 is 23.5 Å². The average molecular weight is 517 g/mol. The van der Waals surface area contributed by atoms with Gasteiger partial charge in [0.15, 0.2) is 18.2 Å². The van der Waals surface area contributed by atoms with E-state index in [2.05, 4.69) is 23.0 Å². The third-order valence-corrected chi connectivity index (χ3v) is 5.87. The Morgan fingerprint density at radius 1 is 1.08 bits per heavy atom. The fourth-order valence-corrected chi connectivity index (χ4v) is 3.82. The largest absolute Gasteiger partial charge is 0.484 e. The quantitative estimate of drug-likeness (QED) is 0.0980. The molecular formula is C26H36N4O7. The standard InChI is InChI=1S/C26H36N4O7/c1-4-6-7-8-20(21(5-2)30-35)25(33)28-15-29-26(34)23-10-9-22(37-23)18-11-17(16(3)31)12-19(13-18)36-14-24(27)32/h9-13,20-21,30,35H,4-8,14-15H2,1-3H3,(H2,27,32)(H,28,33)(H,29,34). The molecule has 3 amide bonds. The van der Waals surface area contributed by atoms with Gasteiger partial charge in [0.1, 0.15) is 11.5 Å². The summed E-state index contributed by atoms with van der Waals surface area (Å²) in [6.45, 7) is 4.86. The second-order valence-electron chi connectivity index (χ2n) is 8.69. The number of rotatable bonds is 16. The monoisotopic (exact) mass is 516 g/mol. The minimum Gasteiger partial charge on any atom is -0.484 e. The summed E-state index contributed by atoms with van der Waals surface area (Å²) in [5.74, 6) is -1.58. The van der Waals surface area contributed by atoms with Crippen molar-refractivity contribution in [2.24, 2.45) is 11.7 Å². The minimum atomic E-state index is -0.663. The molecule has 6 N–H and O–H groups in total. The molecule has 0 bridgehead atoms. The van der Waals surface area contributed by atoms with E-state index < -0.39 is 17.7 Å². The Kier molecular flexibility index (Phi) is 11.8. The fraction of sp³-hybridized carbons (Fsp3) is 0.462. The van der Waals surface area contributed by atoms with Gasteiger partial charge < -0.3 is 30.7 Å². The van der Waals surface area contributed by atoms with Crippen LogP contribution in [0.5, 0.6) is 5.75 Å². The lowest BCUT2D eigenvalue weighted by Gasteiger charge is -2.24. The molecule has 11 nitrogen and oxygen atoms in total. The van der Waals surface area contributed by atoms with Gasteiger partial charge in [0.25, 0.3) is 11.8 Å². The number of hydrogen-bond acceptors (Lipinski definition) is 8. The van der Waals surface area contributed by atoms with E-state index in [-0.39, 0.29) is 42.5 Å². The molecule has 1 aromatic carbocycles. The van der Waals surface area contributed by atoms with Gasteiger partial charge in [-0.1, -0.05) is 33.1 Å². The van der Waals surface area contributed by atoms with Crippen LogP contribution in [0.15, 0.2) is 34.7 Å². The number of carbonyl (C=O) groups is 4. The van der Waals surface area contributed by atoms with E-state index >= 15 is 0 Å². The van der Waals surface area contributed by atoms with Crippen LogP contribution in [0.2, 0.25) is 0 Å². The third kappa shape index (κ3) is 9.03. The van der Waals surface area contributed by atoms with Gasteiger partial charge in [0, 0.05) is 17.2 Å². The zero-order chi connectivity index (χ0) is 27.4. The minimum absolute atomic E-state index is 0.0000340. The lowest BCUT2D eigenvalue weighted by atomic mass is 9.91. The van der Waals surface area contributed by atoms with Gasteiger partial charge in [-0.05, 0) is 50.1 Å². The molecule has 0 radical (unpaired) electrons. The molecular weight excluding hydrogens is 480 g/mol. The first-order valence-corrected chi connectivity index (χ1v) is 12.3. The first-order valence-electron chi connectivity index (χ1n) is 12.3. The van der Waals surface area contributed by atoms with Crippen LogP contribution in [0.25, 0.3) is 11.3 Å². The van der Waals surface area contributed by atoms with Crippen LogP contribution < -0.4 is 26.6 Å². The van der Waals surface area contributed by atoms with Crippen LogP contribution in [0.4, 0.5) is 0 Å². The maximum absolute atomic E-state index is 12.7. The average Bonchev–Trinajstić information content (AvgIpc) is 3.37. The first-order chi connectivity index (χ1) is 17.7. The van der Waals surface area contributed by atoms with E-state index in [1.54, 1.807) is 18.2 Å². The Morgan fingerprint density at radius 2 is 1.84 bits per heavy atom. The van der Waals surface area contributed by atoms with Crippen LogP contribution in [0.3, 0.4) is 0 Å². The number of primary amides is 1. The summed E-state index contributed by atoms with van der Waals surface area (Å²) < 4.78 is 11.0.